The largest absolute Gasteiger partial charge is 0.467 e. The van der Waals surface area contributed by atoms with Crippen LogP contribution in [0.25, 0.3) is 0 Å². The lowest BCUT2D eigenvalue weighted by molar-refractivity contribution is -0.136. The smallest absolute Gasteiger partial charge is 0.313 e. The Morgan fingerprint density at radius 2 is 1.83 bits per heavy atom. The minimum atomic E-state index is -0.766. The van der Waals surface area contributed by atoms with Crippen LogP contribution >= 0.6 is 11.6 Å². The molecule has 148 valence electrons. The van der Waals surface area contributed by atoms with E-state index in [1.165, 1.54) is 5.56 Å². The number of nitrogens with one attached hydrogen (secondary N) is 2. The molecule has 1 aromatic heterocycles. The SMILES string of the molecule is O=C(NCC(c1ccco1)N1CCc2ccccc21)C(=O)Nc1ccccc1Cl. The van der Waals surface area contributed by atoms with Gasteiger partial charge in [0.25, 0.3) is 0 Å². The van der Waals surface area contributed by atoms with E-state index in [0.717, 1.165) is 24.4 Å². The lowest BCUT2D eigenvalue weighted by atomic mass is 10.1. The van der Waals surface area contributed by atoms with E-state index in [2.05, 4.69) is 27.7 Å². The zero-order chi connectivity index (χ0) is 20.2. The zero-order valence-electron chi connectivity index (χ0n) is 15.6. The van der Waals surface area contributed by atoms with Crippen LogP contribution in [0.3, 0.4) is 0 Å². The number of nitrogens with zero attached hydrogens (tertiary/aromatic N) is 1. The van der Waals surface area contributed by atoms with E-state index < -0.39 is 11.8 Å². The van der Waals surface area contributed by atoms with E-state index >= 15 is 0 Å². The van der Waals surface area contributed by atoms with Crippen molar-refractivity contribution < 1.29 is 14.0 Å². The van der Waals surface area contributed by atoms with Gasteiger partial charge in [-0.05, 0) is 42.3 Å². The van der Waals surface area contributed by atoms with Gasteiger partial charge in [-0.25, -0.2) is 0 Å². The number of carbonyl (C=O) groups excluding carboxylic acids is 2. The van der Waals surface area contributed by atoms with Crippen LogP contribution in [0.2, 0.25) is 5.02 Å². The quantitative estimate of drug-likeness (QED) is 0.629. The summed E-state index contributed by atoms with van der Waals surface area (Å²) in [4.78, 5) is 26.8. The number of fused-ring (bicyclic) bond motifs is 1. The zero-order valence-corrected chi connectivity index (χ0v) is 16.4. The fourth-order valence-corrected chi connectivity index (χ4v) is 3.73. The van der Waals surface area contributed by atoms with Crippen LogP contribution in [0, 0.1) is 0 Å². The van der Waals surface area contributed by atoms with Crippen molar-refractivity contribution in [2.75, 3.05) is 23.3 Å². The van der Waals surface area contributed by atoms with Gasteiger partial charge in [0.15, 0.2) is 0 Å². The summed E-state index contributed by atoms with van der Waals surface area (Å²) < 4.78 is 5.62. The van der Waals surface area contributed by atoms with Crippen LogP contribution in [0.5, 0.6) is 0 Å². The average Bonchev–Trinajstić information content (AvgIpc) is 3.40. The molecule has 7 heteroatoms. The maximum absolute atomic E-state index is 12.4. The number of carbonyl (C=O) groups is 2. The molecule has 0 saturated heterocycles. The summed E-state index contributed by atoms with van der Waals surface area (Å²) in [5.41, 5.74) is 2.76. The Morgan fingerprint density at radius 3 is 2.62 bits per heavy atom. The molecule has 0 radical (unpaired) electrons. The molecule has 1 unspecified atom stereocenters. The molecule has 4 rings (SSSR count). The monoisotopic (exact) mass is 409 g/mol. The summed E-state index contributed by atoms with van der Waals surface area (Å²) >= 11 is 6.04. The molecule has 2 N–H and O–H groups in total. The van der Waals surface area contributed by atoms with Gasteiger partial charge in [-0.2, -0.15) is 0 Å². The fourth-order valence-electron chi connectivity index (χ4n) is 3.54. The molecular formula is C22H20ClN3O3. The van der Waals surface area contributed by atoms with Crippen LogP contribution in [0.4, 0.5) is 11.4 Å². The molecule has 3 aromatic rings. The molecule has 0 bridgehead atoms. The molecule has 6 nitrogen and oxygen atoms in total. The highest BCUT2D eigenvalue weighted by molar-refractivity contribution is 6.41. The number of benzene rings is 2. The summed E-state index contributed by atoms with van der Waals surface area (Å²) in [6.45, 7) is 1.04. The van der Waals surface area contributed by atoms with E-state index in [9.17, 15) is 9.59 Å². The Balaban J connectivity index is 1.46. The second kappa shape index (κ2) is 8.41. The average molecular weight is 410 g/mol. The highest BCUT2D eigenvalue weighted by atomic mass is 35.5. The number of furan rings is 1. The number of halogens is 1. The first-order valence-electron chi connectivity index (χ1n) is 9.35. The van der Waals surface area contributed by atoms with E-state index in [-0.39, 0.29) is 12.6 Å². The van der Waals surface area contributed by atoms with Gasteiger partial charge in [0.1, 0.15) is 11.8 Å². The number of amides is 2. The van der Waals surface area contributed by atoms with Crippen LogP contribution in [0.1, 0.15) is 17.4 Å². The van der Waals surface area contributed by atoms with Crippen molar-refractivity contribution in [2.45, 2.75) is 12.5 Å². The van der Waals surface area contributed by atoms with Crippen LogP contribution in [-0.2, 0) is 16.0 Å². The second-order valence-electron chi connectivity index (χ2n) is 6.75. The third-order valence-corrected chi connectivity index (χ3v) is 5.28. The van der Waals surface area contributed by atoms with Gasteiger partial charge in [0, 0.05) is 18.8 Å². The van der Waals surface area contributed by atoms with E-state index in [1.807, 2.05) is 24.3 Å². The van der Waals surface area contributed by atoms with Crippen molar-refractivity contribution in [3.8, 4) is 0 Å². The van der Waals surface area contributed by atoms with Crippen molar-refractivity contribution in [3.63, 3.8) is 0 Å². The van der Waals surface area contributed by atoms with E-state index in [1.54, 1.807) is 30.5 Å². The Kier molecular flexibility index (Phi) is 5.53. The molecule has 0 saturated carbocycles. The predicted octanol–water partition coefficient (Wildman–Crippen LogP) is 3.79. The van der Waals surface area contributed by atoms with Crippen molar-refractivity contribution in [3.05, 3.63) is 83.3 Å². The van der Waals surface area contributed by atoms with Crippen LogP contribution < -0.4 is 15.5 Å². The standard InChI is InChI=1S/C22H20ClN3O3/c23-16-7-2-3-8-17(16)25-22(28)21(27)24-14-19(20-10-5-13-29-20)26-12-11-15-6-1-4-9-18(15)26/h1-10,13,19H,11-12,14H2,(H,24,27)(H,25,28). The normalized spacial score (nSPS) is 13.6. The van der Waals surface area contributed by atoms with Crippen LogP contribution in [0.15, 0.2) is 71.3 Å². The van der Waals surface area contributed by atoms with Gasteiger partial charge in [0.05, 0.1) is 17.0 Å². The van der Waals surface area contributed by atoms with Crippen LogP contribution in [-0.4, -0.2) is 24.9 Å². The number of hydrogen-bond acceptors (Lipinski definition) is 4. The first-order valence-corrected chi connectivity index (χ1v) is 9.73. The Morgan fingerprint density at radius 1 is 1.03 bits per heavy atom. The highest BCUT2D eigenvalue weighted by Crippen LogP contribution is 2.34. The van der Waals surface area contributed by atoms with Gasteiger partial charge in [0.2, 0.25) is 0 Å². The van der Waals surface area contributed by atoms with Crippen molar-refractivity contribution in [1.82, 2.24) is 5.32 Å². The van der Waals surface area contributed by atoms with Crippen molar-refractivity contribution >= 4 is 34.8 Å². The van der Waals surface area contributed by atoms with Gasteiger partial charge in [-0.15, -0.1) is 0 Å². The predicted molar refractivity (Wildman–Crippen MR) is 112 cm³/mol. The van der Waals surface area contributed by atoms with E-state index in [0.29, 0.717) is 10.7 Å². The molecule has 29 heavy (non-hydrogen) atoms. The maximum atomic E-state index is 12.4. The van der Waals surface area contributed by atoms with Crippen molar-refractivity contribution in [1.29, 1.82) is 0 Å². The number of para-hydroxylation sites is 2. The minimum Gasteiger partial charge on any atom is -0.467 e. The number of hydrogen-bond donors (Lipinski definition) is 2. The summed E-state index contributed by atoms with van der Waals surface area (Å²) in [6, 6.07) is 18.4. The third kappa shape index (κ3) is 4.12. The summed E-state index contributed by atoms with van der Waals surface area (Å²) in [5.74, 6) is -0.763. The Bertz CT molecular complexity index is 1020. The van der Waals surface area contributed by atoms with Crippen molar-refractivity contribution in [2.24, 2.45) is 0 Å². The second-order valence-corrected chi connectivity index (χ2v) is 7.15. The third-order valence-electron chi connectivity index (χ3n) is 4.96. The molecular weight excluding hydrogens is 390 g/mol. The summed E-state index contributed by atoms with van der Waals surface area (Å²) in [5, 5.41) is 5.63. The van der Waals surface area contributed by atoms with Gasteiger partial charge in [-0.1, -0.05) is 41.9 Å². The maximum Gasteiger partial charge on any atom is 0.313 e. The topological polar surface area (TPSA) is 74.6 Å². The Labute approximate surface area is 173 Å². The molecule has 1 aliphatic rings. The minimum absolute atomic E-state index is 0.217. The highest BCUT2D eigenvalue weighted by Gasteiger charge is 2.29. The molecule has 2 aromatic carbocycles. The Hall–Kier alpha value is -3.25. The van der Waals surface area contributed by atoms with Gasteiger partial charge >= 0.3 is 11.8 Å². The van der Waals surface area contributed by atoms with Gasteiger partial charge < -0.3 is 20.0 Å². The molecule has 2 amide bonds. The number of anilines is 2. The molecule has 0 aliphatic carbocycles. The summed E-state index contributed by atoms with van der Waals surface area (Å²) in [6.07, 6.45) is 2.53. The molecule has 1 aliphatic heterocycles. The lowest BCUT2D eigenvalue weighted by Gasteiger charge is -2.29. The fraction of sp³-hybridized carbons (Fsp3) is 0.182. The first-order chi connectivity index (χ1) is 14.1. The summed E-state index contributed by atoms with van der Waals surface area (Å²) in [7, 11) is 0. The van der Waals surface area contributed by atoms with Gasteiger partial charge in [-0.3, -0.25) is 9.59 Å². The number of rotatable bonds is 5. The molecule has 2 heterocycles. The van der Waals surface area contributed by atoms with E-state index in [4.69, 9.17) is 16.0 Å². The first kappa shape index (κ1) is 19.1. The lowest BCUT2D eigenvalue weighted by Crippen LogP contribution is -2.41. The molecule has 0 spiro atoms. The molecule has 1 atom stereocenters. The molecule has 0 fully saturated rings.